The highest BCUT2D eigenvalue weighted by Crippen LogP contribution is 2.53. The average Bonchev–Trinajstić information content (AvgIpc) is 2.52. The minimum absolute atomic E-state index is 0.618. The lowest BCUT2D eigenvalue weighted by Crippen LogP contribution is -2.21. The summed E-state index contributed by atoms with van der Waals surface area (Å²) in [6.07, 6.45) is 2.70. The number of phosphoric ester groups is 1. The van der Waals surface area contributed by atoms with E-state index in [1.165, 1.54) is 0 Å². The molecule has 0 bridgehead atoms. The number of phosphoric acid groups is 1. The number of hydrogen-bond acceptors (Lipinski definition) is 7. The Labute approximate surface area is 157 Å². The molecule has 0 N–H and O–H groups in total. The first kappa shape index (κ1) is 24.7. The van der Waals surface area contributed by atoms with Crippen LogP contribution in [0.2, 0.25) is 0 Å². The summed E-state index contributed by atoms with van der Waals surface area (Å²) < 4.78 is 45.8. The minimum atomic E-state index is -4.04. The lowest BCUT2D eigenvalue weighted by Gasteiger charge is -2.27. The Kier molecular flexibility index (Phi) is 11.6. The SMILES string of the molecule is C/C=C(\C)OC(C)OP(=O)(OC(C)O/C(C)=C/C)OC(C)O/C(C)=C/C. The number of rotatable bonds is 12. The monoisotopic (exact) mass is 392 g/mol. The Hall–Kier alpha value is -1.27. The van der Waals surface area contributed by atoms with Gasteiger partial charge in [0, 0.05) is 0 Å². The van der Waals surface area contributed by atoms with Gasteiger partial charge in [0.15, 0.2) is 0 Å². The molecule has 8 heteroatoms. The van der Waals surface area contributed by atoms with Gasteiger partial charge in [-0.1, -0.05) is 0 Å². The number of allylic oxidation sites excluding steroid dienone is 6. The zero-order valence-electron chi connectivity index (χ0n) is 17.3. The maximum absolute atomic E-state index is 13.1. The molecule has 3 unspecified atom stereocenters. The third-order valence-electron chi connectivity index (χ3n) is 3.11. The van der Waals surface area contributed by atoms with Gasteiger partial charge in [-0.15, -0.1) is 0 Å². The van der Waals surface area contributed by atoms with Crippen LogP contribution < -0.4 is 0 Å². The molecule has 0 aliphatic heterocycles. The number of hydrogen-bond donors (Lipinski definition) is 0. The van der Waals surface area contributed by atoms with Crippen molar-refractivity contribution in [3.63, 3.8) is 0 Å². The summed E-state index contributed by atoms with van der Waals surface area (Å²) in [6.45, 7) is 15.5. The first-order valence-corrected chi connectivity index (χ1v) is 10.0. The van der Waals surface area contributed by atoms with E-state index in [1.54, 1.807) is 59.8 Å². The van der Waals surface area contributed by atoms with Crippen molar-refractivity contribution in [2.24, 2.45) is 0 Å². The molecule has 0 aliphatic rings. The third kappa shape index (κ3) is 10.7. The molecule has 0 rings (SSSR count). The van der Waals surface area contributed by atoms with Crippen LogP contribution in [0.15, 0.2) is 35.5 Å². The van der Waals surface area contributed by atoms with E-state index >= 15 is 0 Å². The largest absolute Gasteiger partial charge is 0.484 e. The molecular weight excluding hydrogens is 359 g/mol. The van der Waals surface area contributed by atoms with E-state index in [2.05, 4.69) is 0 Å². The van der Waals surface area contributed by atoms with E-state index in [0.717, 1.165) is 0 Å². The van der Waals surface area contributed by atoms with Gasteiger partial charge in [0.1, 0.15) is 0 Å². The van der Waals surface area contributed by atoms with Gasteiger partial charge in [-0.25, -0.2) is 18.1 Å². The highest BCUT2D eigenvalue weighted by Gasteiger charge is 2.36. The predicted octanol–water partition coefficient (Wildman–Crippen LogP) is 6.00. The van der Waals surface area contributed by atoms with Gasteiger partial charge in [0.2, 0.25) is 18.9 Å². The Balaban J connectivity index is 5.20. The summed E-state index contributed by atoms with van der Waals surface area (Å²) in [5.41, 5.74) is 0. The lowest BCUT2D eigenvalue weighted by atomic mass is 10.5. The quantitative estimate of drug-likeness (QED) is 0.229. The number of ether oxygens (including phenoxy) is 3. The first-order valence-electron chi connectivity index (χ1n) is 8.59. The van der Waals surface area contributed by atoms with E-state index in [0.29, 0.717) is 17.3 Å². The van der Waals surface area contributed by atoms with E-state index in [4.69, 9.17) is 27.8 Å². The molecule has 0 aromatic rings. The third-order valence-corrected chi connectivity index (χ3v) is 4.77. The molecule has 26 heavy (non-hydrogen) atoms. The van der Waals surface area contributed by atoms with Crippen molar-refractivity contribution in [2.45, 2.75) is 81.2 Å². The van der Waals surface area contributed by atoms with Crippen LogP contribution in [-0.4, -0.2) is 18.9 Å². The van der Waals surface area contributed by atoms with Crippen LogP contribution >= 0.6 is 7.82 Å². The van der Waals surface area contributed by atoms with Gasteiger partial charge in [0.25, 0.3) is 0 Å². The average molecular weight is 392 g/mol. The molecule has 0 spiro atoms. The zero-order chi connectivity index (χ0) is 20.3. The second-order valence-electron chi connectivity index (χ2n) is 5.52. The molecule has 0 fully saturated rings. The van der Waals surface area contributed by atoms with Crippen molar-refractivity contribution in [2.75, 3.05) is 0 Å². The predicted molar refractivity (Wildman–Crippen MR) is 101 cm³/mol. The van der Waals surface area contributed by atoms with Crippen molar-refractivity contribution in [1.82, 2.24) is 0 Å². The maximum Gasteiger partial charge on any atom is 0.484 e. The zero-order valence-corrected chi connectivity index (χ0v) is 18.2. The van der Waals surface area contributed by atoms with Crippen LogP contribution in [0.4, 0.5) is 0 Å². The van der Waals surface area contributed by atoms with E-state index in [1.807, 2.05) is 20.8 Å². The van der Waals surface area contributed by atoms with E-state index < -0.39 is 26.7 Å². The van der Waals surface area contributed by atoms with Crippen molar-refractivity contribution in [1.29, 1.82) is 0 Å². The van der Waals surface area contributed by atoms with Gasteiger partial charge >= 0.3 is 7.82 Å². The second-order valence-corrected chi connectivity index (χ2v) is 7.04. The smallest absolute Gasteiger partial charge is 0.470 e. The normalized spacial score (nSPS) is 19.3. The molecule has 0 aromatic carbocycles. The lowest BCUT2D eigenvalue weighted by molar-refractivity contribution is -0.122. The van der Waals surface area contributed by atoms with Crippen LogP contribution in [0.5, 0.6) is 0 Å². The minimum Gasteiger partial charge on any atom is -0.470 e. The summed E-state index contributed by atoms with van der Waals surface area (Å²) >= 11 is 0. The maximum atomic E-state index is 13.1. The fourth-order valence-corrected chi connectivity index (χ4v) is 3.04. The summed E-state index contributed by atoms with van der Waals surface area (Å²) in [5, 5.41) is 0. The van der Waals surface area contributed by atoms with Crippen LogP contribution in [0.3, 0.4) is 0 Å². The second kappa shape index (κ2) is 12.2. The Morgan fingerprint density at radius 1 is 0.654 bits per heavy atom. The molecule has 3 atom stereocenters. The van der Waals surface area contributed by atoms with Crippen LogP contribution in [0, 0.1) is 0 Å². The molecule has 0 saturated heterocycles. The van der Waals surface area contributed by atoms with Crippen LogP contribution in [0.1, 0.15) is 62.3 Å². The summed E-state index contributed by atoms with van der Waals surface area (Å²) in [4.78, 5) is 0. The van der Waals surface area contributed by atoms with Gasteiger partial charge < -0.3 is 14.2 Å². The molecule has 0 aliphatic carbocycles. The highest BCUT2D eigenvalue weighted by atomic mass is 31.2. The van der Waals surface area contributed by atoms with Crippen molar-refractivity contribution in [3.05, 3.63) is 35.5 Å². The molecule has 152 valence electrons. The van der Waals surface area contributed by atoms with Crippen LogP contribution in [-0.2, 0) is 32.3 Å². The van der Waals surface area contributed by atoms with Crippen molar-refractivity contribution in [3.8, 4) is 0 Å². The van der Waals surface area contributed by atoms with Gasteiger partial charge in [-0.3, -0.25) is 0 Å². The van der Waals surface area contributed by atoms with Gasteiger partial charge in [-0.2, -0.15) is 0 Å². The summed E-state index contributed by atoms with van der Waals surface area (Å²) in [6, 6.07) is 0. The Bertz CT molecular complexity index is 478. The van der Waals surface area contributed by atoms with Gasteiger partial charge in [0.05, 0.1) is 17.3 Å². The van der Waals surface area contributed by atoms with Crippen LogP contribution in [0.25, 0.3) is 0 Å². The standard InChI is InChI=1S/C18H33O7P/c1-10-13(4)20-16(7)23-26(19,24-17(8)21-14(5)11-2)25-18(9)22-15(6)12-3/h10-12,16-18H,1-9H3/b13-10+,14-11+,15-12+. The van der Waals surface area contributed by atoms with Crippen molar-refractivity contribution >= 4 is 7.82 Å². The van der Waals surface area contributed by atoms with Crippen molar-refractivity contribution < 1.29 is 32.3 Å². The highest BCUT2D eigenvalue weighted by molar-refractivity contribution is 7.48. The first-order chi connectivity index (χ1) is 12.0. The van der Waals surface area contributed by atoms with Gasteiger partial charge in [-0.05, 0) is 80.5 Å². The molecule has 0 amide bonds. The molecule has 7 nitrogen and oxygen atoms in total. The van der Waals surface area contributed by atoms with E-state index in [9.17, 15) is 4.57 Å². The molecular formula is C18H33O7P. The molecule has 0 radical (unpaired) electrons. The summed E-state index contributed by atoms with van der Waals surface area (Å²) in [5.74, 6) is 1.85. The topological polar surface area (TPSA) is 72.5 Å². The molecule has 0 aromatic heterocycles. The van der Waals surface area contributed by atoms with E-state index in [-0.39, 0.29) is 0 Å². The summed E-state index contributed by atoms with van der Waals surface area (Å²) in [7, 11) is -4.04. The molecule has 0 saturated carbocycles. The fraction of sp³-hybridized carbons (Fsp3) is 0.667. The fourth-order valence-electron chi connectivity index (χ4n) is 1.67. The Morgan fingerprint density at radius 2 is 0.885 bits per heavy atom. The molecule has 0 heterocycles. The Morgan fingerprint density at radius 3 is 1.08 bits per heavy atom.